The van der Waals surface area contributed by atoms with Crippen molar-refractivity contribution in [2.75, 3.05) is 33.7 Å². The molecule has 154 valence electrons. The van der Waals surface area contributed by atoms with Crippen LogP contribution in [-0.4, -0.2) is 72.5 Å². The van der Waals surface area contributed by atoms with E-state index in [2.05, 4.69) is 10.3 Å². The Balaban J connectivity index is 1.41. The number of carbonyl (C=O) groups excluding carboxylic acids is 2. The molecule has 1 N–H and O–H groups in total. The molecule has 0 bridgehead atoms. The first kappa shape index (κ1) is 20.6. The molecule has 1 saturated carbocycles. The van der Waals surface area contributed by atoms with E-state index in [1.165, 1.54) is 0 Å². The average Bonchev–Trinajstić information content (AvgIpc) is 3.04. The smallest absolute Gasteiger partial charge is 0.225 e. The Morgan fingerprint density at radius 2 is 2.07 bits per heavy atom. The van der Waals surface area contributed by atoms with Crippen molar-refractivity contribution >= 4 is 11.8 Å². The third-order valence-corrected chi connectivity index (χ3v) is 5.68. The van der Waals surface area contributed by atoms with Gasteiger partial charge in [0.25, 0.3) is 0 Å². The SMILES string of the molecule is Cc1ncccc1OC1CCC(NC(=O)C2CC(=O)N(CCN(C)C)C2)CC1. The van der Waals surface area contributed by atoms with E-state index in [1.54, 1.807) is 6.20 Å². The molecule has 28 heavy (non-hydrogen) atoms. The molecule has 1 atom stereocenters. The highest BCUT2D eigenvalue weighted by Gasteiger charge is 2.35. The number of nitrogens with one attached hydrogen (secondary N) is 1. The van der Waals surface area contributed by atoms with Gasteiger partial charge in [0.05, 0.1) is 17.7 Å². The lowest BCUT2D eigenvalue weighted by Gasteiger charge is -2.30. The lowest BCUT2D eigenvalue weighted by atomic mass is 9.92. The van der Waals surface area contributed by atoms with Crippen LogP contribution in [0.25, 0.3) is 0 Å². The highest BCUT2D eigenvalue weighted by atomic mass is 16.5. The zero-order valence-electron chi connectivity index (χ0n) is 17.2. The van der Waals surface area contributed by atoms with Gasteiger partial charge in [-0.05, 0) is 58.8 Å². The second-order valence-electron chi connectivity index (χ2n) is 8.23. The van der Waals surface area contributed by atoms with Gasteiger partial charge < -0.3 is 19.9 Å². The molecule has 1 aliphatic heterocycles. The summed E-state index contributed by atoms with van der Waals surface area (Å²) in [6, 6.07) is 4.02. The molecule has 2 fully saturated rings. The molecule has 3 rings (SSSR count). The van der Waals surface area contributed by atoms with Crippen LogP contribution in [0.2, 0.25) is 0 Å². The van der Waals surface area contributed by atoms with Crippen molar-refractivity contribution < 1.29 is 14.3 Å². The number of likely N-dealkylation sites (tertiary alicyclic amines) is 1. The van der Waals surface area contributed by atoms with Crippen molar-refractivity contribution in [2.45, 2.75) is 51.2 Å². The summed E-state index contributed by atoms with van der Waals surface area (Å²) in [7, 11) is 3.97. The topological polar surface area (TPSA) is 74.8 Å². The number of aryl methyl sites for hydroxylation is 1. The largest absolute Gasteiger partial charge is 0.489 e. The minimum atomic E-state index is -0.221. The Morgan fingerprint density at radius 1 is 1.32 bits per heavy atom. The third kappa shape index (κ3) is 5.44. The highest BCUT2D eigenvalue weighted by molar-refractivity contribution is 5.89. The molecule has 1 unspecified atom stereocenters. The number of nitrogens with zero attached hydrogens (tertiary/aromatic N) is 3. The Morgan fingerprint density at radius 3 is 2.75 bits per heavy atom. The zero-order chi connectivity index (χ0) is 20.1. The highest BCUT2D eigenvalue weighted by Crippen LogP contribution is 2.26. The van der Waals surface area contributed by atoms with Crippen molar-refractivity contribution in [2.24, 2.45) is 5.92 Å². The van der Waals surface area contributed by atoms with Gasteiger partial charge in [0.1, 0.15) is 5.75 Å². The number of carbonyl (C=O) groups is 2. The average molecular weight is 389 g/mol. The molecule has 0 aromatic carbocycles. The van der Waals surface area contributed by atoms with Gasteiger partial charge in [0, 0.05) is 38.3 Å². The molecule has 7 heteroatoms. The molecule has 2 aliphatic rings. The molecular weight excluding hydrogens is 356 g/mol. The second kappa shape index (κ2) is 9.37. The van der Waals surface area contributed by atoms with Crippen molar-refractivity contribution in [3.63, 3.8) is 0 Å². The summed E-state index contributed by atoms with van der Waals surface area (Å²) in [5.74, 6) is 0.734. The summed E-state index contributed by atoms with van der Waals surface area (Å²) in [5, 5.41) is 3.17. The van der Waals surface area contributed by atoms with Crippen LogP contribution in [0.5, 0.6) is 5.75 Å². The first-order valence-electron chi connectivity index (χ1n) is 10.2. The fourth-order valence-corrected chi connectivity index (χ4v) is 3.90. The van der Waals surface area contributed by atoms with Crippen LogP contribution in [0.3, 0.4) is 0 Å². The summed E-state index contributed by atoms with van der Waals surface area (Å²) in [6.45, 7) is 4.00. The quantitative estimate of drug-likeness (QED) is 0.768. The molecule has 0 radical (unpaired) electrons. The van der Waals surface area contributed by atoms with E-state index in [-0.39, 0.29) is 29.9 Å². The summed E-state index contributed by atoms with van der Waals surface area (Å²) in [5.41, 5.74) is 0.905. The molecule has 1 aromatic heterocycles. The second-order valence-corrected chi connectivity index (χ2v) is 8.23. The summed E-state index contributed by atoms with van der Waals surface area (Å²) >= 11 is 0. The van der Waals surface area contributed by atoms with Crippen molar-refractivity contribution in [1.29, 1.82) is 0 Å². The molecule has 2 amide bonds. The van der Waals surface area contributed by atoms with Crippen molar-refractivity contribution in [1.82, 2.24) is 20.1 Å². The Bertz CT molecular complexity index is 686. The van der Waals surface area contributed by atoms with Crippen LogP contribution in [0.1, 0.15) is 37.8 Å². The van der Waals surface area contributed by atoms with Gasteiger partial charge in [-0.3, -0.25) is 14.6 Å². The maximum atomic E-state index is 12.6. The van der Waals surface area contributed by atoms with Gasteiger partial charge in [0.15, 0.2) is 0 Å². The number of pyridine rings is 1. The van der Waals surface area contributed by atoms with Crippen LogP contribution in [0.15, 0.2) is 18.3 Å². The number of amides is 2. The van der Waals surface area contributed by atoms with Crippen LogP contribution < -0.4 is 10.1 Å². The molecule has 1 aliphatic carbocycles. The van der Waals surface area contributed by atoms with E-state index >= 15 is 0 Å². The number of rotatable bonds is 7. The molecule has 0 spiro atoms. The first-order valence-corrected chi connectivity index (χ1v) is 10.2. The van der Waals surface area contributed by atoms with E-state index in [9.17, 15) is 9.59 Å². The molecule has 1 aromatic rings. The van der Waals surface area contributed by atoms with Gasteiger partial charge in [-0.15, -0.1) is 0 Å². The number of ether oxygens (including phenoxy) is 1. The number of hydrogen-bond acceptors (Lipinski definition) is 5. The molecule has 1 saturated heterocycles. The zero-order valence-corrected chi connectivity index (χ0v) is 17.2. The third-order valence-electron chi connectivity index (χ3n) is 5.68. The number of aromatic nitrogens is 1. The number of likely N-dealkylation sites (N-methyl/N-ethyl adjacent to an activating group) is 1. The maximum Gasteiger partial charge on any atom is 0.225 e. The van der Waals surface area contributed by atoms with Crippen LogP contribution in [0, 0.1) is 12.8 Å². The lowest BCUT2D eigenvalue weighted by Crippen LogP contribution is -2.43. The maximum absolute atomic E-state index is 12.6. The monoisotopic (exact) mass is 388 g/mol. The Labute approximate surface area is 167 Å². The van der Waals surface area contributed by atoms with E-state index in [4.69, 9.17) is 4.74 Å². The van der Waals surface area contributed by atoms with Crippen LogP contribution >= 0.6 is 0 Å². The van der Waals surface area contributed by atoms with E-state index < -0.39 is 0 Å². The predicted molar refractivity (Wildman–Crippen MR) is 107 cm³/mol. The summed E-state index contributed by atoms with van der Waals surface area (Å²) in [6.07, 6.45) is 5.91. The fraction of sp³-hybridized carbons (Fsp3) is 0.667. The first-order chi connectivity index (χ1) is 13.4. The van der Waals surface area contributed by atoms with E-state index in [0.29, 0.717) is 19.5 Å². The lowest BCUT2D eigenvalue weighted by molar-refractivity contribution is -0.129. The van der Waals surface area contributed by atoms with Gasteiger partial charge in [-0.1, -0.05) is 0 Å². The molecule has 7 nitrogen and oxygen atoms in total. The summed E-state index contributed by atoms with van der Waals surface area (Å²) < 4.78 is 6.08. The Hall–Kier alpha value is -2.15. The summed E-state index contributed by atoms with van der Waals surface area (Å²) in [4.78, 5) is 32.9. The van der Waals surface area contributed by atoms with Crippen molar-refractivity contribution in [3.05, 3.63) is 24.0 Å². The van der Waals surface area contributed by atoms with Crippen LogP contribution in [-0.2, 0) is 9.59 Å². The standard InChI is InChI=1S/C21H32N4O3/c1-15-19(5-4-10-22-15)28-18-8-6-17(7-9-18)23-21(27)16-13-20(26)25(14-16)12-11-24(2)3/h4-5,10,16-18H,6-9,11-14H2,1-3H3,(H,23,27). The van der Waals surface area contributed by atoms with E-state index in [0.717, 1.165) is 43.7 Å². The van der Waals surface area contributed by atoms with Gasteiger partial charge in [0.2, 0.25) is 11.8 Å². The van der Waals surface area contributed by atoms with E-state index in [1.807, 2.05) is 43.0 Å². The molecular formula is C21H32N4O3. The van der Waals surface area contributed by atoms with Crippen molar-refractivity contribution in [3.8, 4) is 5.75 Å². The normalized spacial score (nSPS) is 25.2. The van der Waals surface area contributed by atoms with Gasteiger partial charge in [-0.25, -0.2) is 0 Å². The minimum Gasteiger partial charge on any atom is -0.489 e. The number of hydrogen-bond donors (Lipinski definition) is 1. The minimum absolute atomic E-state index is 0.0215. The fourth-order valence-electron chi connectivity index (χ4n) is 3.90. The predicted octanol–water partition coefficient (Wildman–Crippen LogP) is 1.61. The van der Waals surface area contributed by atoms with Gasteiger partial charge in [-0.2, -0.15) is 0 Å². The van der Waals surface area contributed by atoms with Crippen LogP contribution in [0.4, 0.5) is 0 Å². The van der Waals surface area contributed by atoms with Gasteiger partial charge >= 0.3 is 0 Å². The molecule has 2 heterocycles. The Kier molecular flexibility index (Phi) is 6.88.